The number of nitrogens with zero attached hydrogens (tertiary/aromatic N) is 4. The molecular weight excluding hydrogens is 719 g/mol. The summed E-state index contributed by atoms with van der Waals surface area (Å²) in [7, 11) is 8.27. The van der Waals surface area contributed by atoms with Gasteiger partial charge in [0, 0.05) is 73.6 Å². The van der Waals surface area contributed by atoms with Crippen molar-refractivity contribution in [3.05, 3.63) is 131 Å². The highest BCUT2D eigenvalue weighted by molar-refractivity contribution is 6.31. The largest absolute Gasteiger partial charge is 1.00 e. The Kier molecular flexibility index (Phi) is 11.0. The molecule has 0 aliphatic heterocycles. The van der Waals surface area contributed by atoms with Gasteiger partial charge in [0.25, 0.3) is 0 Å². The third kappa shape index (κ3) is 7.05. The Morgan fingerprint density at radius 1 is 0.500 bits per heavy atom. The molecule has 4 aromatic carbocycles. The lowest BCUT2D eigenvalue weighted by Gasteiger charge is -2.15. The number of hydrogen-bond donors (Lipinski definition) is 0. The van der Waals surface area contributed by atoms with Gasteiger partial charge in [-0.3, -0.25) is 0 Å². The van der Waals surface area contributed by atoms with Crippen LogP contribution in [0.3, 0.4) is 0 Å². The molecule has 6 rings (SSSR count). The highest BCUT2D eigenvalue weighted by Gasteiger charge is 2.17. The molecule has 0 spiro atoms. The van der Waals surface area contributed by atoms with Crippen LogP contribution in [-0.2, 0) is 13.1 Å². The van der Waals surface area contributed by atoms with E-state index in [0.29, 0.717) is 0 Å². The number of pyridine rings is 2. The summed E-state index contributed by atoms with van der Waals surface area (Å²) < 4.78 is 4.52. The van der Waals surface area contributed by atoms with Gasteiger partial charge in [0.05, 0.1) is 22.1 Å². The summed E-state index contributed by atoms with van der Waals surface area (Å²) in [6, 6.07) is 34.2. The molecule has 0 saturated heterocycles. The van der Waals surface area contributed by atoms with Crippen molar-refractivity contribution in [2.75, 3.05) is 38.0 Å². The maximum absolute atomic E-state index is 6.38. The molecule has 0 fully saturated rings. The lowest BCUT2D eigenvalue weighted by atomic mass is 10.0. The monoisotopic (exact) mass is 750 g/mol. The highest BCUT2D eigenvalue weighted by Crippen LogP contribution is 2.27. The minimum absolute atomic E-state index is 0. The first-order valence-electron chi connectivity index (χ1n) is 14.0. The van der Waals surface area contributed by atoms with Crippen LogP contribution in [0.1, 0.15) is 11.1 Å². The molecule has 0 bridgehead atoms. The van der Waals surface area contributed by atoms with Crippen LogP contribution in [0.4, 0.5) is 11.4 Å². The van der Waals surface area contributed by atoms with Gasteiger partial charge >= 0.3 is 0 Å². The van der Waals surface area contributed by atoms with Crippen LogP contribution < -0.4 is 52.9 Å². The number of aromatic nitrogens is 2. The summed E-state index contributed by atoms with van der Waals surface area (Å²) in [6.45, 7) is 1.54. The fourth-order valence-electron chi connectivity index (χ4n) is 5.63. The second-order valence-electron chi connectivity index (χ2n) is 11.2. The molecule has 0 N–H and O–H groups in total. The maximum atomic E-state index is 6.38. The SMILES string of the molecule is CN(C)c1cc[n+](Cc2ccc(-c3ccc(C[n+]4ccc(N(C)C)c5ccc(Cl)cc54)cc3)cc2)c2cc(Cl)ccc12.[Br-].[Br-]. The molecule has 0 atom stereocenters. The van der Waals surface area contributed by atoms with Crippen molar-refractivity contribution in [2.24, 2.45) is 0 Å². The zero-order valence-corrected chi connectivity index (χ0v) is 29.8. The maximum Gasteiger partial charge on any atom is 0.216 e. The van der Waals surface area contributed by atoms with E-state index in [1.807, 2.05) is 24.3 Å². The van der Waals surface area contributed by atoms with Crippen LogP contribution in [0.5, 0.6) is 0 Å². The van der Waals surface area contributed by atoms with Gasteiger partial charge in [0.15, 0.2) is 25.5 Å². The zero-order chi connectivity index (χ0) is 29.4. The Hall–Kier alpha value is -3.16. The van der Waals surface area contributed by atoms with Gasteiger partial charge in [-0.15, -0.1) is 0 Å². The van der Waals surface area contributed by atoms with Crippen molar-refractivity contribution in [1.29, 1.82) is 0 Å². The predicted molar refractivity (Wildman–Crippen MR) is 177 cm³/mol. The van der Waals surface area contributed by atoms with Crippen molar-refractivity contribution in [3.63, 3.8) is 0 Å². The summed E-state index contributed by atoms with van der Waals surface area (Å²) in [5.41, 5.74) is 9.48. The first-order chi connectivity index (χ1) is 20.3. The first-order valence-corrected chi connectivity index (χ1v) is 14.8. The van der Waals surface area contributed by atoms with Gasteiger partial charge in [-0.2, -0.15) is 9.13 Å². The second-order valence-corrected chi connectivity index (χ2v) is 12.0. The van der Waals surface area contributed by atoms with Gasteiger partial charge in [-0.05, 0) is 35.4 Å². The molecule has 2 heterocycles. The normalized spacial score (nSPS) is 10.8. The van der Waals surface area contributed by atoms with E-state index in [2.05, 4.69) is 132 Å². The number of benzene rings is 4. The fraction of sp³-hybridized carbons (Fsp3) is 0.167. The third-order valence-corrected chi connectivity index (χ3v) is 8.30. The minimum atomic E-state index is 0. The van der Waals surface area contributed by atoms with Gasteiger partial charge < -0.3 is 43.8 Å². The van der Waals surface area contributed by atoms with E-state index >= 15 is 0 Å². The molecule has 0 unspecified atom stereocenters. The van der Waals surface area contributed by atoms with Crippen LogP contribution in [0.15, 0.2) is 109 Å². The standard InChI is InChI=1S/C36H34Cl2N4.2BrH/c1-39(2)33-17-19-41(35-21-29(37)13-15-31(33)35)23-25-5-9-27(10-6-25)28-11-7-26(8-12-28)24-42-20-18-34(40(3)4)32-16-14-30(38)22-36(32)42;;/h5-22H,23-24H2,1-4H3;2*1H/q+2;;/p-2. The Labute approximate surface area is 290 Å². The van der Waals surface area contributed by atoms with E-state index in [0.717, 1.165) is 34.2 Å². The molecule has 0 amide bonds. The van der Waals surface area contributed by atoms with E-state index in [1.165, 1.54) is 44.4 Å². The van der Waals surface area contributed by atoms with Gasteiger partial charge in [-0.25, -0.2) is 0 Å². The smallest absolute Gasteiger partial charge is 0.216 e. The fourth-order valence-corrected chi connectivity index (χ4v) is 5.97. The first kappa shape index (κ1) is 33.7. The topological polar surface area (TPSA) is 14.2 Å². The number of fused-ring (bicyclic) bond motifs is 2. The summed E-state index contributed by atoms with van der Waals surface area (Å²) >= 11 is 12.8. The van der Waals surface area contributed by atoms with Crippen LogP contribution in [0.25, 0.3) is 32.9 Å². The van der Waals surface area contributed by atoms with Crippen LogP contribution >= 0.6 is 23.2 Å². The Morgan fingerprint density at radius 2 is 0.864 bits per heavy atom. The summed E-state index contributed by atoms with van der Waals surface area (Å²) in [4.78, 5) is 4.27. The molecule has 6 aromatic rings. The van der Waals surface area contributed by atoms with Crippen LogP contribution in [-0.4, -0.2) is 28.2 Å². The predicted octanol–water partition coefficient (Wildman–Crippen LogP) is 1.78. The van der Waals surface area contributed by atoms with Crippen molar-refractivity contribution in [3.8, 4) is 11.1 Å². The molecule has 0 aliphatic carbocycles. The number of halogens is 4. The molecular formula is C36H34Br2Cl2N4. The Morgan fingerprint density at radius 3 is 1.20 bits per heavy atom. The van der Waals surface area contributed by atoms with Gasteiger partial charge in [0.1, 0.15) is 0 Å². The van der Waals surface area contributed by atoms with E-state index in [9.17, 15) is 0 Å². The minimum Gasteiger partial charge on any atom is -1.00 e. The third-order valence-electron chi connectivity index (χ3n) is 7.83. The zero-order valence-electron chi connectivity index (χ0n) is 25.1. The van der Waals surface area contributed by atoms with E-state index in [1.54, 1.807) is 0 Å². The number of hydrogen-bond acceptors (Lipinski definition) is 2. The molecule has 44 heavy (non-hydrogen) atoms. The number of rotatable bonds is 7. The summed E-state index contributed by atoms with van der Waals surface area (Å²) in [6.07, 6.45) is 4.29. The van der Waals surface area contributed by atoms with Crippen molar-refractivity contribution in [1.82, 2.24) is 0 Å². The Balaban J connectivity index is 0.00000221. The van der Waals surface area contributed by atoms with Crippen LogP contribution in [0, 0.1) is 0 Å². The summed E-state index contributed by atoms with van der Waals surface area (Å²) in [5.74, 6) is 0. The molecule has 0 saturated carbocycles. The number of anilines is 2. The molecule has 0 aliphatic rings. The van der Waals surface area contributed by atoms with Gasteiger partial charge in [0.2, 0.25) is 11.0 Å². The van der Waals surface area contributed by atoms with Gasteiger partial charge in [-0.1, -0.05) is 71.7 Å². The van der Waals surface area contributed by atoms with Crippen molar-refractivity contribution < 1.29 is 43.1 Å². The average Bonchev–Trinajstić information content (AvgIpc) is 2.98. The lowest BCUT2D eigenvalue weighted by Crippen LogP contribution is -3.00. The van der Waals surface area contributed by atoms with Crippen molar-refractivity contribution in [2.45, 2.75) is 13.1 Å². The Bertz CT molecular complexity index is 1770. The molecule has 4 nitrogen and oxygen atoms in total. The summed E-state index contributed by atoms with van der Waals surface area (Å²) in [5, 5.41) is 3.86. The van der Waals surface area contributed by atoms with E-state index in [-0.39, 0.29) is 34.0 Å². The van der Waals surface area contributed by atoms with E-state index < -0.39 is 0 Å². The molecule has 2 aromatic heterocycles. The van der Waals surface area contributed by atoms with Crippen LogP contribution in [0.2, 0.25) is 10.0 Å². The quantitative estimate of drug-likeness (QED) is 0.231. The average molecular weight is 753 g/mol. The van der Waals surface area contributed by atoms with Crippen molar-refractivity contribution >= 4 is 56.4 Å². The van der Waals surface area contributed by atoms with E-state index in [4.69, 9.17) is 23.2 Å². The molecule has 226 valence electrons. The molecule has 0 radical (unpaired) electrons. The highest BCUT2D eigenvalue weighted by atomic mass is 79.9. The molecule has 8 heteroatoms. The second kappa shape index (κ2) is 14.3. The lowest BCUT2D eigenvalue weighted by molar-refractivity contribution is -0.662.